The molecule has 0 saturated carbocycles. The number of ether oxygens (including phenoxy) is 2. The minimum atomic E-state index is 0.0365. The van der Waals surface area contributed by atoms with E-state index in [1.54, 1.807) is 7.11 Å². The number of carbonyl (C=O) groups is 1. The summed E-state index contributed by atoms with van der Waals surface area (Å²) in [6.07, 6.45) is 0.873. The second-order valence-electron chi connectivity index (χ2n) is 8.31. The van der Waals surface area contributed by atoms with Crippen LogP contribution in [0.3, 0.4) is 0 Å². The molecule has 35 heavy (non-hydrogen) atoms. The maximum absolute atomic E-state index is 12.9. The zero-order valence-corrected chi connectivity index (χ0v) is 21.2. The number of methoxy groups -OCH3 is 1. The number of rotatable bonds is 11. The summed E-state index contributed by atoms with van der Waals surface area (Å²) in [4.78, 5) is 12.9. The van der Waals surface area contributed by atoms with Gasteiger partial charge in [0.1, 0.15) is 11.5 Å². The smallest absolute Gasteiger partial charge is 0.277 e. The van der Waals surface area contributed by atoms with Gasteiger partial charge in [-0.3, -0.25) is 4.79 Å². The van der Waals surface area contributed by atoms with Crippen LogP contribution < -0.4 is 9.47 Å². The standard InChI is InChI=1S/C27H29N3O4S/c1-18-5-9-23(10-6-18)33-16-26-28-29-27(34-26)35-17-25(31)24-15-19(2)30(20(24)3)14-13-21-7-11-22(32-4)12-8-21/h5-12,15H,13-14,16-17H2,1-4H3. The van der Waals surface area contributed by atoms with Crippen molar-refractivity contribution in [3.05, 3.63) is 88.6 Å². The SMILES string of the molecule is COc1ccc(CCn2c(C)cc(C(=O)CSc3nnc(COc4ccc(C)cc4)o3)c2C)cc1. The van der Waals surface area contributed by atoms with Crippen LogP contribution in [0.5, 0.6) is 11.5 Å². The molecule has 2 heterocycles. The first-order valence-electron chi connectivity index (χ1n) is 11.4. The molecule has 0 aliphatic carbocycles. The van der Waals surface area contributed by atoms with Gasteiger partial charge in [-0.2, -0.15) is 0 Å². The predicted molar refractivity (Wildman–Crippen MR) is 135 cm³/mol. The zero-order chi connectivity index (χ0) is 24.8. The lowest BCUT2D eigenvalue weighted by atomic mass is 10.1. The number of Topliss-reactive ketones (excluding diaryl/α,β-unsaturated/α-hetero) is 1. The minimum absolute atomic E-state index is 0.0365. The summed E-state index contributed by atoms with van der Waals surface area (Å²) in [5.74, 6) is 2.22. The number of hydrogen-bond donors (Lipinski definition) is 0. The lowest BCUT2D eigenvalue weighted by Crippen LogP contribution is -2.08. The summed E-state index contributed by atoms with van der Waals surface area (Å²) in [6.45, 7) is 7.03. The molecule has 0 aliphatic heterocycles. The Bertz CT molecular complexity index is 1280. The number of aromatic nitrogens is 3. The molecule has 2 aromatic heterocycles. The van der Waals surface area contributed by atoms with E-state index < -0.39 is 0 Å². The highest BCUT2D eigenvalue weighted by atomic mass is 32.2. The van der Waals surface area contributed by atoms with Crippen molar-refractivity contribution in [1.29, 1.82) is 0 Å². The number of ketones is 1. The molecule has 8 heteroatoms. The van der Waals surface area contributed by atoms with Gasteiger partial charge in [0, 0.05) is 23.5 Å². The van der Waals surface area contributed by atoms with Gasteiger partial charge in [0.25, 0.3) is 11.1 Å². The van der Waals surface area contributed by atoms with Crippen LogP contribution in [0.25, 0.3) is 0 Å². The molecule has 4 aromatic rings. The summed E-state index contributed by atoms with van der Waals surface area (Å²) in [5.41, 5.74) is 5.15. The van der Waals surface area contributed by atoms with E-state index in [9.17, 15) is 4.79 Å². The van der Waals surface area contributed by atoms with Crippen LogP contribution in [0.1, 0.15) is 38.8 Å². The van der Waals surface area contributed by atoms with Crippen molar-refractivity contribution in [3.8, 4) is 11.5 Å². The van der Waals surface area contributed by atoms with E-state index >= 15 is 0 Å². The van der Waals surface area contributed by atoms with Gasteiger partial charge in [-0.25, -0.2) is 0 Å². The first-order chi connectivity index (χ1) is 16.9. The third-order valence-corrected chi connectivity index (χ3v) is 6.63. The maximum atomic E-state index is 12.9. The highest BCUT2D eigenvalue weighted by Crippen LogP contribution is 2.23. The molecule has 0 atom stereocenters. The Morgan fingerprint density at radius 3 is 2.43 bits per heavy atom. The molecule has 0 fully saturated rings. The summed E-state index contributed by atoms with van der Waals surface area (Å²) in [7, 11) is 1.66. The Hall–Kier alpha value is -3.52. The number of carbonyl (C=O) groups excluding carboxylic acids is 1. The molecule has 4 rings (SSSR count). The monoisotopic (exact) mass is 491 g/mol. The molecule has 2 aromatic carbocycles. The van der Waals surface area contributed by atoms with Gasteiger partial charge in [0.2, 0.25) is 0 Å². The van der Waals surface area contributed by atoms with E-state index in [-0.39, 0.29) is 18.1 Å². The number of aryl methyl sites for hydroxylation is 3. The lowest BCUT2D eigenvalue weighted by molar-refractivity contribution is 0.102. The molecular formula is C27H29N3O4S. The van der Waals surface area contributed by atoms with E-state index in [1.807, 2.05) is 63.2 Å². The molecular weight excluding hydrogens is 462 g/mol. The van der Waals surface area contributed by atoms with E-state index in [1.165, 1.54) is 17.3 Å². The van der Waals surface area contributed by atoms with Gasteiger partial charge in [-0.15, -0.1) is 10.2 Å². The van der Waals surface area contributed by atoms with Crippen LogP contribution >= 0.6 is 11.8 Å². The highest BCUT2D eigenvalue weighted by molar-refractivity contribution is 7.99. The number of nitrogens with zero attached hydrogens (tertiary/aromatic N) is 3. The summed E-state index contributed by atoms with van der Waals surface area (Å²) >= 11 is 1.24. The molecule has 0 N–H and O–H groups in total. The summed E-state index contributed by atoms with van der Waals surface area (Å²) < 4.78 is 18.7. The van der Waals surface area contributed by atoms with Crippen LogP contribution in [0.4, 0.5) is 0 Å². The van der Waals surface area contributed by atoms with Gasteiger partial charge in [-0.05, 0) is 63.1 Å². The fourth-order valence-electron chi connectivity index (χ4n) is 3.80. The van der Waals surface area contributed by atoms with E-state index in [2.05, 4.69) is 26.9 Å². The quantitative estimate of drug-likeness (QED) is 0.199. The van der Waals surface area contributed by atoms with Gasteiger partial charge in [-0.1, -0.05) is 41.6 Å². The van der Waals surface area contributed by atoms with E-state index in [0.29, 0.717) is 11.1 Å². The number of thioether (sulfide) groups is 1. The average molecular weight is 492 g/mol. The van der Waals surface area contributed by atoms with Crippen molar-refractivity contribution in [3.63, 3.8) is 0 Å². The molecule has 182 valence electrons. The Labute approximate surface area is 209 Å². The van der Waals surface area contributed by atoms with Crippen molar-refractivity contribution in [2.45, 2.75) is 45.6 Å². The van der Waals surface area contributed by atoms with Crippen LogP contribution in [0, 0.1) is 20.8 Å². The minimum Gasteiger partial charge on any atom is -0.497 e. The normalized spacial score (nSPS) is 11.0. The number of benzene rings is 2. The molecule has 0 saturated heterocycles. The first kappa shape index (κ1) is 24.6. The number of hydrogen-bond acceptors (Lipinski definition) is 7. The van der Waals surface area contributed by atoms with Crippen molar-refractivity contribution >= 4 is 17.5 Å². The Kier molecular flexibility index (Phi) is 7.92. The second kappa shape index (κ2) is 11.3. The van der Waals surface area contributed by atoms with Crippen LogP contribution in [-0.4, -0.2) is 33.4 Å². The topological polar surface area (TPSA) is 79.4 Å². The fraction of sp³-hybridized carbons (Fsp3) is 0.296. The van der Waals surface area contributed by atoms with Crippen LogP contribution in [0.15, 0.2) is 64.2 Å². The predicted octanol–water partition coefficient (Wildman–Crippen LogP) is 5.60. The Morgan fingerprint density at radius 2 is 1.71 bits per heavy atom. The van der Waals surface area contributed by atoms with Crippen molar-refractivity contribution in [1.82, 2.24) is 14.8 Å². The van der Waals surface area contributed by atoms with Gasteiger partial charge < -0.3 is 18.5 Å². The summed E-state index contributed by atoms with van der Waals surface area (Å²) in [6, 6.07) is 17.8. The van der Waals surface area contributed by atoms with Crippen LogP contribution in [-0.2, 0) is 19.6 Å². The lowest BCUT2D eigenvalue weighted by Gasteiger charge is -2.10. The second-order valence-corrected chi connectivity index (χ2v) is 9.24. The van der Waals surface area contributed by atoms with E-state index in [4.69, 9.17) is 13.9 Å². The van der Waals surface area contributed by atoms with Crippen molar-refractivity contribution in [2.75, 3.05) is 12.9 Å². The summed E-state index contributed by atoms with van der Waals surface area (Å²) in [5, 5.41) is 8.40. The molecule has 0 spiro atoms. The highest BCUT2D eigenvalue weighted by Gasteiger charge is 2.17. The Morgan fingerprint density at radius 1 is 1.00 bits per heavy atom. The largest absolute Gasteiger partial charge is 0.497 e. The molecule has 0 bridgehead atoms. The Balaban J connectivity index is 1.30. The van der Waals surface area contributed by atoms with Gasteiger partial charge in [0.05, 0.1) is 12.9 Å². The van der Waals surface area contributed by atoms with Gasteiger partial charge >= 0.3 is 0 Å². The zero-order valence-electron chi connectivity index (χ0n) is 20.4. The first-order valence-corrected chi connectivity index (χ1v) is 12.4. The molecule has 0 amide bonds. The maximum Gasteiger partial charge on any atom is 0.277 e. The molecule has 0 unspecified atom stereocenters. The van der Waals surface area contributed by atoms with Crippen molar-refractivity contribution < 1.29 is 18.7 Å². The van der Waals surface area contributed by atoms with Crippen LogP contribution in [0.2, 0.25) is 0 Å². The van der Waals surface area contributed by atoms with Crippen molar-refractivity contribution in [2.24, 2.45) is 0 Å². The average Bonchev–Trinajstić information content (AvgIpc) is 3.44. The van der Waals surface area contributed by atoms with Gasteiger partial charge in [0.15, 0.2) is 12.4 Å². The molecule has 0 radical (unpaired) electrons. The fourth-order valence-corrected chi connectivity index (χ4v) is 4.46. The third kappa shape index (κ3) is 6.33. The van der Waals surface area contributed by atoms with E-state index in [0.717, 1.165) is 47.0 Å². The third-order valence-electron chi connectivity index (χ3n) is 5.82. The molecule has 7 nitrogen and oxygen atoms in total. The molecule has 0 aliphatic rings.